The SMILES string of the molecule is CCCCCCCCCCCCOc1ccc(COc2ccc3cc(C(=O)O)ccc3c2)cc1. The zero-order chi connectivity index (χ0) is 24.0. The van der Waals surface area contributed by atoms with Gasteiger partial charge in [-0.3, -0.25) is 0 Å². The molecule has 0 saturated carbocycles. The third kappa shape index (κ3) is 8.74. The quantitative estimate of drug-likeness (QED) is 0.217. The molecule has 0 fully saturated rings. The van der Waals surface area contributed by atoms with E-state index in [0.29, 0.717) is 6.61 Å². The van der Waals surface area contributed by atoms with Crippen molar-refractivity contribution in [1.82, 2.24) is 0 Å². The van der Waals surface area contributed by atoms with Gasteiger partial charge in [-0.05, 0) is 59.2 Å². The molecule has 4 nitrogen and oxygen atoms in total. The Kier molecular flexibility index (Phi) is 10.8. The van der Waals surface area contributed by atoms with Gasteiger partial charge in [-0.2, -0.15) is 0 Å². The number of carboxylic acids is 1. The first-order chi connectivity index (χ1) is 16.7. The Morgan fingerprint density at radius 2 is 1.26 bits per heavy atom. The van der Waals surface area contributed by atoms with Gasteiger partial charge in [0.25, 0.3) is 0 Å². The van der Waals surface area contributed by atoms with E-state index in [-0.39, 0.29) is 5.56 Å². The number of aromatic carboxylic acids is 1. The Bertz CT molecular complexity index is 1010. The average molecular weight is 463 g/mol. The van der Waals surface area contributed by atoms with E-state index in [2.05, 4.69) is 6.92 Å². The fourth-order valence-electron chi connectivity index (χ4n) is 4.07. The van der Waals surface area contributed by atoms with Crippen LogP contribution >= 0.6 is 0 Å². The molecule has 0 saturated heterocycles. The maximum atomic E-state index is 11.1. The lowest BCUT2D eigenvalue weighted by atomic mass is 10.1. The molecule has 3 aromatic rings. The summed E-state index contributed by atoms with van der Waals surface area (Å²) in [5, 5.41) is 11.0. The first kappa shape index (κ1) is 25.6. The molecule has 1 N–H and O–H groups in total. The topological polar surface area (TPSA) is 55.8 Å². The fraction of sp³-hybridized carbons (Fsp3) is 0.433. The van der Waals surface area contributed by atoms with Crippen molar-refractivity contribution in [3.8, 4) is 11.5 Å². The highest BCUT2D eigenvalue weighted by molar-refractivity contribution is 5.94. The van der Waals surface area contributed by atoms with Crippen molar-refractivity contribution < 1.29 is 19.4 Å². The van der Waals surface area contributed by atoms with Crippen molar-refractivity contribution in [1.29, 1.82) is 0 Å². The molecular formula is C30H38O4. The second-order valence-corrected chi connectivity index (χ2v) is 8.99. The van der Waals surface area contributed by atoms with E-state index in [4.69, 9.17) is 14.6 Å². The molecule has 0 bridgehead atoms. The third-order valence-electron chi connectivity index (χ3n) is 6.15. The van der Waals surface area contributed by atoms with Crippen LogP contribution in [0.5, 0.6) is 11.5 Å². The van der Waals surface area contributed by atoms with Crippen LogP contribution in [0.3, 0.4) is 0 Å². The number of carbonyl (C=O) groups is 1. The lowest BCUT2D eigenvalue weighted by molar-refractivity contribution is 0.0697. The highest BCUT2D eigenvalue weighted by atomic mass is 16.5. The lowest BCUT2D eigenvalue weighted by Gasteiger charge is -2.10. The number of rotatable bonds is 16. The summed E-state index contributed by atoms with van der Waals surface area (Å²) in [6.07, 6.45) is 13.3. The smallest absolute Gasteiger partial charge is 0.335 e. The molecule has 0 aliphatic carbocycles. The monoisotopic (exact) mass is 462 g/mol. The highest BCUT2D eigenvalue weighted by Gasteiger charge is 2.05. The van der Waals surface area contributed by atoms with Crippen molar-refractivity contribution in [2.75, 3.05) is 6.61 Å². The molecule has 4 heteroatoms. The standard InChI is InChI=1S/C30H38O4/c1-2-3-4-5-6-7-8-9-10-11-20-33-28-17-12-24(13-18-28)23-34-29-19-16-25-21-27(30(31)32)15-14-26(25)22-29/h12-19,21-22H,2-11,20,23H2,1H3,(H,31,32). The second kappa shape index (κ2) is 14.3. The van der Waals surface area contributed by atoms with Crippen LogP contribution in [0.25, 0.3) is 10.8 Å². The third-order valence-corrected chi connectivity index (χ3v) is 6.15. The zero-order valence-electron chi connectivity index (χ0n) is 20.4. The maximum Gasteiger partial charge on any atom is 0.335 e. The minimum absolute atomic E-state index is 0.289. The number of hydrogen-bond donors (Lipinski definition) is 1. The Hall–Kier alpha value is -3.01. The van der Waals surface area contributed by atoms with Gasteiger partial charge in [0.2, 0.25) is 0 Å². The normalized spacial score (nSPS) is 11.0. The minimum Gasteiger partial charge on any atom is -0.494 e. The van der Waals surface area contributed by atoms with E-state index in [0.717, 1.165) is 40.9 Å². The van der Waals surface area contributed by atoms with E-state index >= 15 is 0 Å². The van der Waals surface area contributed by atoms with Crippen molar-refractivity contribution in [2.24, 2.45) is 0 Å². The van der Waals surface area contributed by atoms with Crippen molar-refractivity contribution in [3.05, 3.63) is 71.8 Å². The number of carboxylic acid groups (broad SMARTS) is 1. The summed E-state index contributed by atoms with van der Waals surface area (Å²) in [5.74, 6) is 0.745. The summed E-state index contributed by atoms with van der Waals surface area (Å²) in [6, 6.07) is 18.9. The first-order valence-electron chi connectivity index (χ1n) is 12.8. The summed E-state index contributed by atoms with van der Waals surface area (Å²) in [5.41, 5.74) is 1.37. The molecule has 34 heavy (non-hydrogen) atoms. The van der Waals surface area contributed by atoms with Crippen LogP contribution < -0.4 is 9.47 Å². The van der Waals surface area contributed by atoms with Crippen LogP contribution in [0.1, 0.15) is 87.1 Å². The average Bonchev–Trinajstić information content (AvgIpc) is 2.86. The lowest BCUT2D eigenvalue weighted by Crippen LogP contribution is -1.99. The molecule has 0 aliphatic rings. The molecule has 0 spiro atoms. The molecule has 0 unspecified atom stereocenters. The molecule has 0 heterocycles. The van der Waals surface area contributed by atoms with Gasteiger partial charge in [0.1, 0.15) is 18.1 Å². The molecule has 0 aromatic heterocycles. The number of fused-ring (bicyclic) bond motifs is 1. The molecule has 0 radical (unpaired) electrons. The van der Waals surface area contributed by atoms with Crippen LogP contribution in [0.15, 0.2) is 60.7 Å². The van der Waals surface area contributed by atoms with Gasteiger partial charge in [0.05, 0.1) is 12.2 Å². The predicted molar refractivity (Wildman–Crippen MR) is 139 cm³/mol. The van der Waals surface area contributed by atoms with Crippen LogP contribution in [0, 0.1) is 0 Å². The van der Waals surface area contributed by atoms with E-state index in [1.165, 1.54) is 57.8 Å². The van der Waals surface area contributed by atoms with E-state index in [1.54, 1.807) is 12.1 Å². The summed E-state index contributed by atoms with van der Waals surface area (Å²) in [4.78, 5) is 11.1. The molecule has 0 aliphatic heterocycles. The highest BCUT2D eigenvalue weighted by Crippen LogP contribution is 2.23. The Morgan fingerprint density at radius 1 is 0.676 bits per heavy atom. The van der Waals surface area contributed by atoms with Crippen LogP contribution in [0.2, 0.25) is 0 Å². The molecule has 0 amide bonds. The van der Waals surface area contributed by atoms with Crippen LogP contribution in [-0.4, -0.2) is 17.7 Å². The van der Waals surface area contributed by atoms with Gasteiger partial charge in [-0.15, -0.1) is 0 Å². The Balaban J connectivity index is 1.32. The first-order valence-corrected chi connectivity index (χ1v) is 12.8. The number of unbranched alkanes of at least 4 members (excludes halogenated alkanes) is 9. The summed E-state index contributed by atoms with van der Waals surface area (Å²) in [7, 11) is 0. The van der Waals surface area contributed by atoms with Crippen molar-refractivity contribution in [3.63, 3.8) is 0 Å². The molecule has 182 valence electrons. The van der Waals surface area contributed by atoms with Gasteiger partial charge < -0.3 is 14.6 Å². The Labute approximate surface area is 203 Å². The molecule has 0 atom stereocenters. The predicted octanol–water partition coefficient (Wildman–Crippen LogP) is 8.42. The summed E-state index contributed by atoms with van der Waals surface area (Å²) in [6.45, 7) is 3.51. The minimum atomic E-state index is -0.918. The van der Waals surface area contributed by atoms with E-state index < -0.39 is 5.97 Å². The van der Waals surface area contributed by atoms with Crippen molar-refractivity contribution in [2.45, 2.75) is 77.7 Å². The number of hydrogen-bond acceptors (Lipinski definition) is 3. The van der Waals surface area contributed by atoms with Gasteiger partial charge >= 0.3 is 5.97 Å². The van der Waals surface area contributed by atoms with Crippen molar-refractivity contribution >= 4 is 16.7 Å². The zero-order valence-corrected chi connectivity index (χ0v) is 20.4. The number of ether oxygens (including phenoxy) is 2. The Morgan fingerprint density at radius 3 is 1.94 bits per heavy atom. The summed E-state index contributed by atoms with van der Waals surface area (Å²) < 4.78 is 11.8. The molecule has 3 rings (SSSR count). The molecular weight excluding hydrogens is 424 g/mol. The van der Waals surface area contributed by atoms with Crippen LogP contribution in [-0.2, 0) is 6.61 Å². The summed E-state index contributed by atoms with van der Waals surface area (Å²) >= 11 is 0. The largest absolute Gasteiger partial charge is 0.494 e. The number of benzene rings is 3. The van der Waals surface area contributed by atoms with Gasteiger partial charge in [-0.1, -0.05) is 89.0 Å². The fourth-order valence-corrected chi connectivity index (χ4v) is 4.07. The van der Waals surface area contributed by atoms with Gasteiger partial charge in [0, 0.05) is 0 Å². The molecule has 3 aromatic carbocycles. The second-order valence-electron chi connectivity index (χ2n) is 8.99. The van der Waals surface area contributed by atoms with Crippen LogP contribution in [0.4, 0.5) is 0 Å². The van der Waals surface area contributed by atoms with E-state index in [1.807, 2.05) is 48.5 Å². The maximum absolute atomic E-state index is 11.1. The van der Waals surface area contributed by atoms with Gasteiger partial charge in [0.15, 0.2) is 0 Å². The van der Waals surface area contributed by atoms with Gasteiger partial charge in [-0.25, -0.2) is 4.79 Å². The van der Waals surface area contributed by atoms with E-state index in [9.17, 15) is 4.79 Å².